The Balaban J connectivity index is 1.84. The molecule has 6 heteroatoms. The zero-order valence-electron chi connectivity index (χ0n) is 12.2. The van der Waals surface area contributed by atoms with Gasteiger partial charge in [0.15, 0.2) is 5.76 Å². The summed E-state index contributed by atoms with van der Waals surface area (Å²) in [4.78, 5) is 23.0. The molecule has 1 heterocycles. The smallest absolute Gasteiger partial charge is 0.284 e. The number of nitrogens with one attached hydrogen (secondary N) is 1. The van der Waals surface area contributed by atoms with Crippen LogP contribution in [0, 0.1) is 5.41 Å². The fourth-order valence-corrected chi connectivity index (χ4v) is 2.95. The Bertz CT molecular complexity index is 504. The third-order valence-corrected chi connectivity index (χ3v) is 4.25. The summed E-state index contributed by atoms with van der Waals surface area (Å²) in [7, 11) is 0. The first-order valence-electron chi connectivity index (χ1n) is 7.40. The molecular formula is C15H23N3O3. The molecule has 0 unspecified atom stereocenters. The lowest BCUT2D eigenvalue weighted by Crippen LogP contribution is -2.38. The maximum absolute atomic E-state index is 12.1. The number of carbonyl (C=O) groups is 2. The van der Waals surface area contributed by atoms with E-state index in [1.165, 1.54) is 12.5 Å². The van der Waals surface area contributed by atoms with Crippen molar-refractivity contribution in [3.8, 4) is 0 Å². The first-order valence-corrected chi connectivity index (χ1v) is 7.40. The summed E-state index contributed by atoms with van der Waals surface area (Å²) in [6, 6.07) is 3.14. The van der Waals surface area contributed by atoms with E-state index in [1.54, 1.807) is 6.07 Å². The molecule has 116 valence electrons. The van der Waals surface area contributed by atoms with Crippen molar-refractivity contribution < 1.29 is 14.0 Å². The summed E-state index contributed by atoms with van der Waals surface area (Å²) in [5, 5.41) is 2.82. The van der Waals surface area contributed by atoms with Crippen LogP contribution in [-0.4, -0.2) is 18.4 Å². The summed E-state index contributed by atoms with van der Waals surface area (Å²) >= 11 is 0. The Hall–Kier alpha value is -1.82. The molecule has 1 saturated carbocycles. The van der Waals surface area contributed by atoms with Crippen molar-refractivity contribution in [1.29, 1.82) is 0 Å². The summed E-state index contributed by atoms with van der Waals surface area (Å²) in [5.41, 5.74) is 10.9. The number of primary amides is 1. The second kappa shape index (κ2) is 6.76. The van der Waals surface area contributed by atoms with E-state index in [2.05, 4.69) is 5.32 Å². The van der Waals surface area contributed by atoms with Gasteiger partial charge in [-0.3, -0.25) is 9.59 Å². The average Bonchev–Trinajstić information content (AvgIpc) is 2.95. The predicted octanol–water partition coefficient (Wildman–Crippen LogP) is 1.29. The van der Waals surface area contributed by atoms with E-state index < -0.39 is 5.91 Å². The van der Waals surface area contributed by atoms with Gasteiger partial charge < -0.3 is 21.2 Å². The molecular weight excluding hydrogens is 270 g/mol. The monoisotopic (exact) mass is 293 g/mol. The van der Waals surface area contributed by atoms with E-state index >= 15 is 0 Å². The number of furan rings is 1. The third-order valence-electron chi connectivity index (χ3n) is 4.25. The van der Waals surface area contributed by atoms with Crippen molar-refractivity contribution in [2.24, 2.45) is 16.9 Å². The minimum absolute atomic E-state index is 0.0284. The molecule has 0 atom stereocenters. The van der Waals surface area contributed by atoms with Crippen LogP contribution < -0.4 is 16.8 Å². The van der Waals surface area contributed by atoms with Crippen LogP contribution in [0.25, 0.3) is 0 Å². The van der Waals surface area contributed by atoms with Gasteiger partial charge in [-0.25, -0.2) is 0 Å². The first-order chi connectivity index (χ1) is 10.0. The molecule has 0 saturated heterocycles. The molecule has 1 aliphatic rings. The summed E-state index contributed by atoms with van der Waals surface area (Å²) in [6.45, 7) is 0.805. The minimum Gasteiger partial charge on any atom is -0.454 e. The van der Waals surface area contributed by atoms with E-state index in [1.807, 2.05) is 0 Å². The largest absolute Gasteiger partial charge is 0.454 e. The number of hydrogen-bond donors (Lipinski definition) is 3. The molecule has 0 aliphatic heterocycles. The van der Waals surface area contributed by atoms with Crippen molar-refractivity contribution in [3.63, 3.8) is 0 Å². The van der Waals surface area contributed by atoms with Gasteiger partial charge >= 0.3 is 0 Å². The minimum atomic E-state index is -0.614. The van der Waals surface area contributed by atoms with Crippen LogP contribution in [-0.2, 0) is 11.3 Å². The molecule has 0 bridgehead atoms. The molecule has 0 aromatic carbocycles. The lowest BCUT2D eigenvalue weighted by molar-refractivity contribution is -0.124. The second-order valence-electron chi connectivity index (χ2n) is 5.85. The molecule has 1 aromatic rings. The van der Waals surface area contributed by atoms with Gasteiger partial charge in [0.2, 0.25) is 5.91 Å². The average molecular weight is 293 g/mol. The zero-order valence-corrected chi connectivity index (χ0v) is 12.2. The molecule has 5 N–H and O–H groups in total. The van der Waals surface area contributed by atoms with Gasteiger partial charge in [-0.2, -0.15) is 0 Å². The maximum atomic E-state index is 12.1. The quantitative estimate of drug-likeness (QED) is 0.733. The van der Waals surface area contributed by atoms with E-state index in [0.29, 0.717) is 18.7 Å². The first kappa shape index (κ1) is 15.6. The highest BCUT2D eigenvalue weighted by Gasteiger charge is 2.32. The van der Waals surface area contributed by atoms with Crippen molar-refractivity contribution in [1.82, 2.24) is 5.32 Å². The summed E-state index contributed by atoms with van der Waals surface area (Å²) in [6.07, 6.45) is 6.00. The SMILES string of the molecule is NCC1(CC(=O)NCc2ccc(C(N)=O)o2)CCCCC1. The van der Waals surface area contributed by atoms with E-state index in [0.717, 1.165) is 25.7 Å². The normalized spacial score (nSPS) is 17.4. The molecule has 0 radical (unpaired) electrons. The van der Waals surface area contributed by atoms with Crippen LogP contribution in [0.5, 0.6) is 0 Å². The molecule has 0 spiro atoms. The molecule has 21 heavy (non-hydrogen) atoms. The number of hydrogen-bond acceptors (Lipinski definition) is 4. The molecule has 1 aliphatic carbocycles. The van der Waals surface area contributed by atoms with Crippen molar-refractivity contribution in [3.05, 3.63) is 23.7 Å². The molecule has 2 rings (SSSR count). The Kier molecular flexibility index (Phi) is 5.01. The van der Waals surface area contributed by atoms with Gasteiger partial charge in [-0.15, -0.1) is 0 Å². The van der Waals surface area contributed by atoms with Gasteiger partial charge in [0, 0.05) is 6.42 Å². The van der Waals surface area contributed by atoms with Crippen LogP contribution in [0.1, 0.15) is 54.8 Å². The highest BCUT2D eigenvalue weighted by atomic mass is 16.4. The second-order valence-corrected chi connectivity index (χ2v) is 5.85. The number of rotatable bonds is 6. The van der Waals surface area contributed by atoms with Gasteiger partial charge in [-0.05, 0) is 36.9 Å². The van der Waals surface area contributed by atoms with Crippen molar-refractivity contribution in [2.75, 3.05) is 6.54 Å². The Morgan fingerprint density at radius 1 is 1.24 bits per heavy atom. The Labute approximate surface area is 124 Å². The summed E-state index contributed by atoms with van der Waals surface area (Å²) < 4.78 is 5.22. The van der Waals surface area contributed by atoms with Gasteiger partial charge in [0.25, 0.3) is 5.91 Å². The van der Waals surface area contributed by atoms with Crippen molar-refractivity contribution in [2.45, 2.75) is 45.1 Å². The van der Waals surface area contributed by atoms with Crippen LogP contribution in [0.15, 0.2) is 16.5 Å². The van der Waals surface area contributed by atoms with E-state index in [4.69, 9.17) is 15.9 Å². The molecule has 1 fully saturated rings. The predicted molar refractivity (Wildman–Crippen MR) is 78.3 cm³/mol. The molecule has 1 aromatic heterocycles. The zero-order chi connectivity index (χ0) is 15.3. The maximum Gasteiger partial charge on any atom is 0.284 e. The topological polar surface area (TPSA) is 111 Å². The third kappa shape index (κ3) is 4.07. The van der Waals surface area contributed by atoms with E-state index in [9.17, 15) is 9.59 Å². The lowest BCUT2D eigenvalue weighted by Gasteiger charge is -2.35. The standard InChI is InChI=1S/C15H23N3O3/c16-10-15(6-2-1-3-7-15)8-13(19)18-9-11-4-5-12(21-11)14(17)20/h4-5H,1-3,6-10,16H2,(H2,17,20)(H,18,19). The van der Waals surface area contributed by atoms with Crippen LogP contribution >= 0.6 is 0 Å². The highest BCUT2D eigenvalue weighted by molar-refractivity contribution is 5.89. The fraction of sp³-hybridized carbons (Fsp3) is 0.600. The number of nitrogens with two attached hydrogens (primary N) is 2. The van der Waals surface area contributed by atoms with Gasteiger partial charge in [0.1, 0.15) is 5.76 Å². The van der Waals surface area contributed by atoms with Crippen LogP contribution in [0.4, 0.5) is 0 Å². The van der Waals surface area contributed by atoms with Crippen molar-refractivity contribution >= 4 is 11.8 Å². The van der Waals surface area contributed by atoms with Gasteiger partial charge in [-0.1, -0.05) is 19.3 Å². The van der Waals surface area contributed by atoms with E-state index in [-0.39, 0.29) is 23.6 Å². The Morgan fingerprint density at radius 2 is 1.95 bits per heavy atom. The Morgan fingerprint density at radius 3 is 2.52 bits per heavy atom. The number of carbonyl (C=O) groups excluding carboxylic acids is 2. The van der Waals surface area contributed by atoms with Crippen LogP contribution in [0.3, 0.4) is 0 Å². The molecule has 2 amide bonds. The fourth-order valence-electron chi connectivity index (χ4n) is 2.95. The number of amides is 2. The highest BCUT2D eigenvalue weighted by Crippen LogP contribution is 2.38. The van der Waals surface area contributed by atoms with Gasteiger partial charge in [0.05, 0.1) is 6.54 Å². The van der Waals surface area contributed by atoms with Crippen LogP contribution in [0.2, 0.25) is 0 Å². The summed E-state index contributed by atoms with van der Waals surface area (Å²) in [5.74, 6) is -0.0243. The lowest BCUT2D eigenvalue weighted by atomic mass is 9.71. The molecule has 6 nitrogen and oxygen atoms in total.